The Bertz CT molecular complexity index is 239. The zero-order valence-corrected chi connectivity index (χ0v) is 9.10. The van der Waals surface area contributed by atoms with E-state index in [-0.39, 0.29) is 0 Å². The summed E-state index contributed by atoms with van der Waals surface area (Å²) >= 11 is 6.78. The number of rotatable bonds is 2. The first-order chi connectivity index (χ1) is 5.33. The largest absolute Gasteiger partial charge is 0.0870 e. The van der Waals surface area contributed by atoms with E-state index in [0.29, 0.717) is 0 Å². The molecule has 0 saturated carbocycles. The van der Waals surface area contributed by atoms with Crippen LogP contribution in [0.2, 0.25) is 0 Å². The van der Waals surface area contributed by atoms with Crippen molar-refractivity contribution in [2.75, 3.05) is 5.33 Å². The Kier molecular flexibility index (Phi) is 3.87. The van der Waals surface area contributed by atoms with Crippen LogP contribution in [0, 0.1) is 0 Å². The lowest BCUT2D eigenvalue weighted by Gasteiger charge is -1.92. The maximum absolute atomic E-state index is 3.43. The topological polar surface area (TPSA) is 0 Å². The summed E-state index contributed by atoms with van der Waals surface area (Å²) in [5.41, 5.74) is 1.22. The van der Waals surface area contributed by atoms with Crippen molar-refractivity contribution in [2.45, 2.75) is 0 Å². The highest BCUT2D eigenvalue weighted by Crippen LogP contribution is 2.13. The zero-order valence-electron chi connectivity index (χ0n) is 5.93. The van der Waals surface area contributed by atoms with E-state index in [1.54, 1.807) is 0 Å². The van der Waals surface area contributed by atoms with E-state index in [1.807, 2.05) is 18.2 Å². The Labute approximate surface area is 83.6 Å². The van der Waals surface area contributed by atoms with E-state index in [0.717, 1.165) is 9.81 Å². The van der Waals surface area contributed by atoms with Gasteiger partial charge in [-0.15, -0.1) is 0 Å². The van der Waals surface area contributed by atoms with Crippen LogP contribution in [-0.4, -0.2) is 5.33 Å². The molecule has 0 nitrogen and oxygen atoms in total. The highest BCUT2D eigenvalue weighted by atomic mass is 79.9. The summed E-state index contributed by atoms with van der Waals surface area (Å²) < 4.78 is 1.16. The molecule has 0 aliphatic heterocycles. The molecule has 0 saturated heterocycles. The maximum Gasteiger partial charge on any atom is 0.0349 e. The molecule has 0 aliphatic rings. The molecule has 11 heavy (non-hydrogen) atoms. The SMILES string of the molecule is BrC/C(Br)=C/c1ccccc1. The van der Waals surface area contributed by atoms with Crippen LogP contribution < -0.4 is 0 Å². The van der Waals surface area contributed by atoms with Crippen LogP contribution in [0.1, 0.15) is 5.56 Å². The standard InChI is InChI=1S/C9H8Br2/c10-7-9(11)6-8-4-2-1-3-5-8/h1-6H,7H2/b9-6-. The minimum absolute atomic E-state index is 0.863. The van der Waals surface area contributed by atoms with Crippen LogP contribution in [0.15, 0.2) is 34.8 Å². The number of hydrogen-bond acceptors (Lipinski definition) is 0. The summed E-state index contributed by atoms with van der Waals surface area (Å²) in [6.45, 7) is 0. The molecule has 0 atom stereocenters. The summed E-state index contributed by atoms with van der Waals surface area (Å²) in [4.78, 5) is 0. The first kappa shape index (κ1) is 9.01. The molecule has 0 unspecified atom stereocenters. The molecular formula is C9H8Br2. The molecule has 1 aromatic rings. The molecule has 0 heterocycles. The van der Waals surface area contributed by atoms with Gasteiger partial charge in [0.1, 0.15) is 0 Å². The summed E-state index contributed by atoms with van der Waals surface area (Å²) in [5, 5.41) is 0.863. The van der Waals surface area contributed by atoms with Crippen molar-refractivity contribution in [3.63, 3.8) is 0 Å². The van der Waals surface area contributed by atoms with Gasteiger partial charge in [-0.2, -0.15) is 0 Å². The van der Waals surface area contributed by atoms with E-state index < -0.39 is 0 Å². The fourth-order valence-electron chi connectivity index (χ4n) is 0.769. The zero-order chi connectivity index (χ0) is 8.10. The highest BCUT2D eigenvalue weighted by Gasteiger charge is 1.88. The minimum atomic E-state index is 0.863. The highest BCUT2D eigenvalue weighted by molar-refractivity contribution is 9.13. The van der Waals surface area contributed by atoms with Gasteiger partial charge in [0.05, 0.1) is 0 Å². The summed E-state index contributed by atoms with van der Waals surface area (Å²) in [6, 6.07) is 10.2. The van der Waals surface area contributed by atoms with Gasteiger partial charge in [0.25, 0.3) is 0 Å². The van der Waals surface area contributed by atoms with Gasteiger partial charge >= 0.3 is 0 Å². The Morgan fingerprint density at radius 2 is 1.91 bits per heavy atom. The third kappa shape index (κ3) is 3.21. The van der Waals surface area contributed by atoms with Crippen LogP contribution in [0.5, 0.6) is 0 Å². The van der Waals surface area contributed by atoms with E-state index >= 15 is 0 Å². The van der Waals surface area contributed by atoms with Gasteiger partial charge in [-0.25, -0.2) is 0 Å². The number of alkyl halides is 1. The van der Waals surface area contributed by atoms with Crippen molar-refractivity contribution >= 4 is 37.9 Å². The molecule has 0 radical (unpaired) electrons. The second kappa shape index (κ2) is 4.73. The lowest BCUT2D eigenvalue weighted by atomic mass is 10.2. The average Bonchev–Trinajstić information content (AvgIpc) is 2.06. The van der Waals surface area contributed by atoms with Crippen molar-refractivity contribution in [1.82, 2.24) is 0 Å². The molecule has 0 N–H and O–H groups in total. The molecule has 0 bridgehead atoms. The monoisotopic (exact) mass is 274 g/mol. The molecule has 0 fully saturated rings. The summed E-state index contributed by atoms with van der Waals surface area (Å²) in [7, 11) is 0. The smallest absolute Gasteiger partial charge is 0.0349 e. The van der Waals surface area contributed by atoms with Crippen LogP contribution in [0.25, 0.3) is 6.08 Å². The summed E-state index contributed by atoms with van der Waals surface area (Å²) in [6.07, 6.45) is 2.09. The number of benzene rings is 1. The lowest BCUT2D eigenvalue weighted by Crippen LogP contribution is -1.73. The molecule has 0 aromatic heterocycles. The molecule has 58 valence electrons. The maximum atomic E-state index is 3.43. The van der Waals surface area contributed by atoms with Gasteiger partial charge in [0.2, 0.25) is 0 Å². The number of allylic oxidation sites excluding steroid dienone is 1. The van der Waals surface area contributed by atoms with E-state index in [9.17, 15) is 0 Å². The molecule has 1 aromatic carbocycles. The fourth-order valence-corrected chi connectivity index (χ4v) is 1.19. The molecule has 0 amide bonds. The van der Waals surface area contributed by atoms with E-state index in [2.05, 4.69) is 50.1 Å². The lowest BCUT2D eigenvalue weighted by molar-refractivity contribution is 1.64. The Hall–Kier alpha value is -0.0800. The molecule has 1 rings (SSSR count). The van der Waals surface area contributed by atoms with E-state index in [1.165, 1.54) is 5.56 Å². The molecule has 2 heteroatoms. The first-order valence-electron chi connectivity index (χ1n) is 3.30. The number of halogens is 2. The van der Waals surface area contributed by atoms with Gasteiger partial charge in [-0.1, -0.05) is 62.2 Å². The van der Waals surface area contributed by atoms with Gasteiger partial charge < -0.3 is 0 Å². The fraction of sp³-hybridized carbons (Fsp3) is 0.111. The Morgan fingerprint density at radius 1 is 1.27 bits per heavy atom. The van der Waals surface area contributed by atoms with Crippen LogP contribution in [0.4, 0.5) is 0 Å². The third-order valence-electron chi connectivity index (χ3n) is 1.25. The second-order valence-electron chi connectivity index (χ2n) is 2.14. The van der Waals surface area contributed by atoms with Gasteiger partial charge in [0, 0.05) is 9.81 Å². The van der Waals surface area contributed by atoms with E-state index in [4.69, 9.17) is 0 Å². The molecular weight excluding hydrogens is 268 g/mol. The second-order valence-corrected chi connectivity index (χ2v) is 3.71. The third-order valence-corrected chi connectivity index (χ3v) is 3.12. The van der Waals surface area contributed by atoms with Gasteiger partial charge in [0.15, 0.2) is 0 Å². The van der Waals surface area contributed by atoms with Crippen molar-refractivity contribution in [1.29, 1.82) is 0 Å². The molecule has 0 aliphatic carbocycles. The van der Waals surface area contributed by atoms with Crippen molar-refractivity contribution in [2.24, 2.45) is 0 Å². The van der Waals surface area contributed by atoms with Crippen LogP contribution in [-0.2, 0) is 0 Å². The summed E-state index contributed by atoms with van der Waals surface area (Å²) in [5.74, 6) is 0. The Morgan fingerprint density at radius 3 is 2.45 bits per heavy atom. The predicted octanol–water partition coefficient (Wildman–Crippen LogP) is 3.82. The van der Waals surface area contributed by atoms with Crippen molar-refractivity contribution in [3.05, 3.63) is 40.4 Å². The normalized spacial score (nSPS) is 11.6. The Balaban J connectivity index is 2.79. The predicted molar refractivity (Wildman–Crippen MR) is 57.1 cm³/mol. The van der Waals surface area contributed by atoms with Crippen LogP contribution >= 0.6 is 31.9 Å². The van der Waals surface area contributed by atoms with Crippen molar-refractivity contribution in [3.8, 4) is 0 Å². The first-order valence-corrected chi connectivity index (χ1v) is 5.21. The number of hydrogen-bond donors (Lipinski definition) is 0. The van der Waals surface area contributed by atoms with Crippen molar-refractivity contribution < 1.29 is 0 Å². The van der Waals surface area contributed by atoms with Gasteiger partial charge in [-0.3, -0.25) is 0 Å². The molecule has 0 spiro atoms. The average molecular weight is 276 g/mol. The van der Waals surface area contributed by atoms with Gasteiger partial charge in [-0.05, 0) is 11.6 Å². The van der Waals surface area contributed by atoms with Crippen LogP contribution in [0.3, 0.4) is 0 Å². The quantitative estimate of drug-likeness (QED) is 0.720. The minimum Gasteiger partial charge on any atom is -0.0870 e.